The van der Waals surface area contributed by atoms with Crippen LogP contribution in [0.25, 0.3) is 10.2 Å². The van der Waals surface area contributed by atoms with Crippen molar-refractivity contribution in [3.8, 4) is 5.75 Å². The molecule has 1 aromatic heterocycles. The van der Waals surface area contributed by atoms with E-state index in [0.29, 0.717) is 22.3 Å². The van der Waals surface area contributed by atoms with Gasteiger partial charge in [0.1, 0.15) is 5.75 Å². The van der Waals surface area contributed by atoms with Gasteiger partial charge < -0.3 is 4.74 Å². The Morgan fingerprint density at radius 3 is 2.92 bits per heavy atom. The topological polar surface area (TPSA) is 51.2 Å². The number of aromatic nitrogens is 1. The predicted molar refractivity (Wildman–Crippen MR) is 99.4 cm³/mol. The lowest BCUT2D eigenvalue weighted by molar-refractivity contribution is 0.102. The molecule has 24 heavy (non-hydrogen) atoms. The molecule has 0 fully saturated rings. The van der Waals surface area contributed by atoms with Gasteiger partial charge in [0.15, 0.2) is 5.13 Å². The number of halogens is 1. The van der Waals surface area contributed by atoms with Gasteiger partial charge in [-0.15, -0.1) is 0 Å². The normalized spacial score (nSPS) is 10.8. The van der Waals surface area contributed by atoms with Gasteiger partial charge in [-0.2, -0.15) is 0 Å². The molecule has 0 saturated carbocycles. The highest BCUT2D eigenvalue weighted by atomic mass is 35.5. The summed E-state index contributed by atoms with van der Waals surface area (Å²) < 4.78 is 6.67. The summed E-state index contributed by atoms with van der Waals surface area (Å²) in [5.74, 6) is 0.558. The minimum Gasteiger partial charge on any atom is -0.494 e. The molecule has 0 aliphatic rings. The van der Waals surface area contributed by atoms with E-state index in [9.17, 15) is 4.79 Å². The number of benzene rings is 2. The van der Waals surface area contributed by atoms with E-state index in [2.05, 4.69) is 17.2 Å². The van der Waals surface area contributed by atoms with Gasteiger partial charge in [-0.3, -0.25) is 10.1 Å². The summed E-state index contributed by atoms with van der Waals surface area (Å²) >= 11 is 7.46. The Bertz CT molecular complexity index is 863. The van der Waals surface area contributed by atoms with Crippen LogP contribution in [0.5, 0.6) is 5.75 Å². The van der Waals surface area contributed by atoms with Gasteiger partial charge in [-0.1, -0.05) is 48.4 Å². The van der Waals surface area contributed by atoms with Crippen molar-refractivity contribution in [3.05, 3.63) is 53.1 Å². The minimum absolute atomic E-state index is 0.265. The van der Waals surface area contributed by atoms with Crippen molar-refractivity contribution in [1.82, 2.24) is 4.98 Å². The first-order valence-electron chi connectivity index (χ1n) is 7.76. The Kier molecular flexibility index (Phi) is 5.33. The van der Waals surface area contributed by atoms with E-state index in [1.165, 1.54) is 11.3 Å². The molecular formula is C18H17ClN2O2S. The van der Waals surface area contributed by atoms with Crippen LogP contribution in [0.1, 0.15) is 30.1 Å². The van der Waals surface area contributed by atoms with Gasteiger partial charge in [-0.05, 0) is 36.8 Å². The fourth-order valence-corrected chi connectivity index (χ4v) is 3.30. The lowest BCUT2D eigenvalue weighted by Crippen LogP contribution is -2.11. The number of unbranched alkanes of at least 4 members (excludes halogenated alkanes) is 1. The average Bonchev–Trinajstić information content (AvgIpc) is 2.97. The highest BCUT2D eigenvalue weighted by molar-refractivity contribution is 7.22. The van der Waals surface area contributed by atoms with Crippen LogP contribution in [0, 0.1) is 0 Å². The second kappa shape index (κ2) is 7.64. The molecule has 0 unspecified atom stereocenters. The molecule has 6 heteroatoms. The number of ether oxygens (including phenoxy) is 1. The van der Waals surface area contributed by atoms with Crippen LogP contribution in [0.15, 0.2) is 42.5 Å². The standard InChI is InChI=1S/C18H17ClN2O2S/c1-2-3-10-23-12-8-9-15-16(11-12)24-18(20-15)21-17(22)13-6-4-5-7-14(13)19/h4-9,11H,2-3,10H2,1H3,(H,20,21,22). The number of anilines is 1. The third-order valence-electron chi connectivity index (χ3n) is 3.47. The Balaban J connectivity index is 1.76. The zero-order valence-corrected chi connectivity index (χ0v) is 14.8. The van der Waals surface area contributed by atoms with Gasteiger partial charge in [-0.25, -0.2) is 4.98 Å². The largest absolute Gasteiger partial charge is 0.494 e. The molecule has 1 amide bonds. The molecule has 124 valence electrons. The smallest absolute Gasteiger partial charge is 0.258 e. The van der Waals surface area contributed by atoms with E-state index in [-0.39, 0.29) is 5.91 Å². The molecule has 4 nitrogen and oxygen atoms in total. The first-order valence-corrected chi connectivity index (χ1v) is 8.96. The number of fused-ring (bicyclic) bond motifs is 1. The molecule has 0 aliphatic carbocycles. The van der Waals surface area contributed by atoms with Crippen LogP contribution in [0.4, 0.5) is 5.13 Å². The van der Waals surface area contributed by atoms with Crippen LogP contribution >= 0.6 is 22.9 Å². The third kappa shape index (κ3) is 3.86. The molecule has 0 bridgehead atoms. The summed E-state index contributed by atoms with van der Waals surface area (Å²) in [6.45, 7) is 2.83. The van der Waals surface area contributed by atoms with Crippen LogP contribution in [0.3, 0.4) is 0 Å². The lowest BCUT2D eigenvalue weighted by Gasteiger charge is -2.04. The first kappa shape index (κ1) is 16.7. The highest BCUT2D eigenvalue weighted by Gasteiger charge is 2.12. The molecule has 0 atom stereocenters. The Hall–Kier alpha value is -2.11. The number of nitrogens with zero attached hydrogens (tertiary/aromatic N) is 1. The van der Waals surface area contributed by atoms with Crippen LogP contribution < -0.4 is 10.1 Å². The van der Waals surface area contributed by atoms with Gasteiger partial charge in [0.25, 0.3) is 5.91 Å². The van der Waals surface area contributed by atoms with Crippen molar-refractivity contribution < 1.29 is 9.53 Å². The number of carbonyl (C=O) groups excluding carboxylic acids is 1. The van der Waals surface area contributed by atoms with E-state index in [1.807, 2.05) is 18.2 Å². The number of hydrogen-bond acceptors (Lipinski definition) is 4. The maximum Gasteiger partial charge on any atom is 0.258 e. The van der Waals surface area contributed by atoms with E-state index in [1.54, 1.807) is 24.3 Å². The minimum atomic E-state index is -0.265. The summed E-state index contributed by atoms with van der Waals surface area (Å²) in [6, 6.07) is 12.7. The zero-order valence-electron chi connectivity index (χ0n) is 13.2. The zero-order chi connectivity index (χ0) is 16.9. The summed E-state index contributed by atoms with van der Waals surface area (Å²) in [7, 11) is 0. The van der Waals surface area contributed by atoms with Crippen molar-refractivity contribution in [2.75, 3.05) is 11.9 Å². The number of amides is 1. The summed E-state index contributed by atoms with van der Waals surface area (Å²) in [6.07, 6.45) is 2.13. The molecule has 2 aromatic carbocycles. The highest BCUT2D eigenvalue weighted by Crippen LogP contribution is 2.30. The Morgan fingerprint density at radius 1 is 1.29 bits per heavy atom. The van der Waals surface area contributed by atoms with Crippen LogP contribution in [-0.4, -0.2) is 17.5 Å². The molecule has 3 rings (SSSR count). The van der Waals surface area contributed by atoms with E-state index in [4.69, 9.17) is 16.3 Å². The molecule has 3 aromatic rings. The number of nitrogens with one attached hydrogen (secondary N) is 1. The number of hydrogen-bond donors (Lipinski definition) is 1. The predicted octanol–water partition coefficient (Wildman–Crippen LogP) is 5.38. The molecule has 0 spiro atoms. The van der Waals surface area contributed by atoms with Crippen molar-refractivity contribution in [1.29, 1.82) is 0 Å². The van der Waals surface area contributed by atoms with Gasteiger partial charge in [0.05, 0.1) is 27.4 Å². The van der Waals surface area contributed by atoms with Crippen molar-refractivity contribution in [3.63, 3.8) is 0 Å². The molecule has 1 heterocycles. The van der Waals surface area contributed by atoms with Crippen molar-refractivity contribution in [2.45, 2.75) is 19.8 Å². The number of thiazole rings is 1. The quantitative estimate of drug-likeness (QED) is 0.600. The Labute approximate surface area is 149 Å². The molecule has 0 aliphatic heterocycles. The first-order chi connectivity index (χ1) is 11.7. The second-order valence-electron chi connectivity index (χ2n) is 5.28. The molecule has 1 N–H and O–H groups in total. The van der Waals surface area contributed by atoms with E-state index in [0.717, 1.165) is 28.8 Å². The van der Waals surface area contributed by atoms with Gasteiger partial charge in [0.2, 0.25) is 0 Å². The average molecular weight is 361 g/mol. The maximum atomic E-state index is 12.3. The Morgan fingerprint density at radius 2 is 2.12 bits per heavy atom. The van der Waals surface area contributed by atoms with E-state index >= 15 is 0 Å². The lowest BCUT2D eigenvalue weighted by atomic mass is 10.2. The summed E-state index contributed by atoms with van der Waals surface area (Å²) in [4.78, 5) is 16.7. The van der Waals surface area contributed by atoms with Crippen molar-refractivity contribution in [2.24, 2.45) is 0 Å². The van der Waals surface area contributed by atoms with Gasteiger partial charge in [0, 0.05) is 0 Å². The SMILES string of the molecule is CCCCOc1ccc2nc(NC(=O)c3ccccc3Cl)sc2c1. The maximum absolute atomic E-state index is 12.3. The summed E-state index contributed by atoms with van der Waals surface area (Å²) in [5, 5.41) is 3.76. The van der Waals surface area contributed by atoms with Crippen LogP contribution in [-0.2, 0) is 0 Å². The second-order valence-corrected chi connectivity index (χ2v) is 6.72. The summed E-state index contributed by atoms with van der Waals surface area (Å²) in [5.41, 5.74) is 1.26. The fourth-order valence-electron chi connectivity index (χ4n) is 2.19. The monoisotopic (exact) mass is 360 g/mol. The number of carbonyl (C=O) groups is 1. The van der Waals surface area contributed by atoms with Gasteiger partial charge >= 0.3 is 0 Å². The molecular weight excluding hydrogens is 344 g/mol. The van der Waals surface area contributed by atoms with Crippen molar-refractivity contribution >= 4 is 44.2 Å². The molecule has 0 saturated heterocycles. The van der Waals surface area contributed by atoms with Crippen LogP contribution in [0.2, 0.25) is 5.02 Å². The molecule has 0 radical (unpaired) electrons. The number of rotatable bonds is 6. The third-order valence-corrected chi connectivity index (χ3v) is 4.73. The fraction of sp³-hybridized carbons (Fsp3) is 0.222. The van der Waals surface area contributed by atoms with E-state index < -0.39 is 0 Å².